The molecule has 2 rings (SSSR count). The van der Waals surface area contributed by atoms with Gasteiger partial charge in [0, 0.05) is 5.41 Å². The molecule has 0 radical (unpaired) electrons. The quantitative estimate of drug-likeness (QED) is 0.798. The fourth-order valence-corrected chi connectivity index (χ4v) is 2.29. The van der Waals surface area contributed by atoms with Crippen LogP contribution in [0.15, 0.2) is 24.3 Å². The maximum atomic E-state index is 12.2. The average molecular weight is 290 g/mol. The molecule has 2 unspecified atom stereocenters. The lowest BCUT2D eigenvalue weighted by molar-refractivity contribution is -0.145. The fraction of sp³-hybridized carbons (Fsp3) is 0.529. The van der Waals surface area contributed by atoms with Gasteiger partial charge < -0.3 is 9.47 Å². The molecule has 0 aliphatic carbocycles. The summed E-state index contributed by atoms with van der Waals surface area (Å²) < 4.78 is 10.3. The topological polar surface area (TPSA) is 52.6 Å². The Kier molecular flexibility index (Phi) is 4.35. The Morgan fingerprint density at radius 3 is 2.48 bits per heavy atom. The van der Waals surface area contributed by atoms with Crippen LogP contribution in [-0.2, 0) is 14.3 Å². The number of hydrogen-bond donors (Lipinski definition) is 0. The highest BCUT2D eigenvalue weighted by molar-refractivity contribution is 5.92. The van der Waals surface area contributed by atoms with Crippen molar-refractivity contribution in [2.75, 3.05) is 6.61 Å². The third-order valence-corrected chi connectivity index (χ3v) is 4.06. The Morgan fingerprint density at radius 2 is 2.00 bits per heavy atom. The maximum absolute atomic E-state index is 12.2. The molecule has 1 aliphatic heterocycles. The molecule has 1 aliphatic rings. The van der Waals surface area contributed by atoms with Gasteiger partial charge in [-0.25, -0.2) is 9.59 Å². The molecule has 4 heteroatoms. The number of cyclic esters (lactones) is 1. The number of carbonyl (C=O) groups excluding carboxylic acids is 2. The molecule has 0 N–H and O–H groups in total. The Labute approximate surface area is 125 Å². The number of esters is 2. The molecule has 1 fully saturated rings. The molecule has 1 heterocycles. The Hall–Kier alpha value is -1.84. The first-order valence-corrected chi connectivity index (χ1v) is 7.32. The van der Waals surface area contributed by atoms with E-state index in [-0.39, 0.29) is 6.61 Å². The van der Waals surface area contributed by atoms with Gasteiger partial charge in [0.15, 0.2) is 0 Å². The summed E-state index contributed by atoms with van der Waals surface area (Å²) >= 11 is 0. The second-order valence-corrected chi connectivity index (χ2v) is 6.31. The van der Waals surface area contributed by atoms with Gasteiger partial charge >= 0.3 is 11.9 Å². The van der Waals surface area contributed by atoms with Crippen LogP contribution < -0.4 is 0 Å². The summed E-state index contributed by atoms with van der Waals surface area (Å²) in [6.07, 6.45) is 0.213. The van der Waals surface area contributed by atoms with Crippen molar-refractivity contribution >= 4 is 11.9 Å². The molecule has 2 atom stereocenters. The summed E-state index contributed by atoms with van der Waals surface area (Å²) in [5.41, 5.74) is 1.16. The van der Waals surface area contributed by atoms with Crippen LogP contribution in [0.2, 0.25) is 0 Å². The molecule has 1 aromatic carbocycles. The highest BCUT2D eigenvalue weighted by Crippen LogP contribution is 2.31. The second kappa shape index (κ2) is 5.88. The van der Waals surface area contributed by atoms with Gasteiger partial charge in [-0.1, -0.05) is 39.8 Å². The summed E-state index contributed by atoms with van der Waals surface area (Å²) in [5, 5.41) is 0. The van der Waals surface area contributed by atoms with Gasteiger partial charge in [0.05, 0.1) is 5.56 Å². The van der Waals surface area contributed by atoms with E-state index in [2.05, 4.69) is 13.8 Å². The van der Waals surface area contributed by atoms with E-state index in [1.807, 2.05) is 26.0 Å². The summed E-state index contributed by atoms with van der Waals surface area (Å²) in [6, 6.07) is 7.36. The standard InChI is InChI=1S/C17H22O4/c1-5-11(2)12-6-8-13(9-7-12)15(18)21-14-16(19)20-10-17(14,3)4/h6-9,11,14H,5,10H2,1-4H3. The van der Waals surface area contributed by atoms with Crippen molar-refractivity contribution in [3.05, 3.63) is 35.4 Å². The van der Waals surface area contributed by atoms with E-state index in [0.717, 1.165) is 6.42 Å². The van der Waals surface area contributed by atoms with Crippen LogP contribution >= 0.6 is 0 Å². The van der Waals surface area contributed by atoms with Crippen molar-refractivity contribution in [2.45, 2.75) is 46.1 Å². The smallest absolute Gasteiger partial charge is 0.348 e. The zero-order valence-corrected chi connectivity index (χ0v) is 13.0. The molecular weight excluding hydrogens is 268 g/mol. The molecule has 0 bridgehead atoms. The number of benzene rings is 1. The fourth-order valence-electron chi connectivity index (χ4n) is 2.29. The molecule has 1 saturated heterocycles. The summed E-state index contributed by atoms with van der Waals surface area (Å²) in [7, 11) is 0. The van der Waals surface area contributed by atoms with E-state index in [4.69, 9.17) is 9.47 Å². The minimum absolute atomic E-state index is 0.275. The van der Waals surface area contributed by atoms with E-state index in [9.17, 15) is 9.59 Å². The third-order valence-electron chi connectivity index (χ3n) is 4.06. The van der Waals surface area contributed by atoms with Crippen LogP contribution in [0.5, 0.6) is 0 Å². The molecule has 0 spiro atoms. The van der Waals surface area contributed by atoms with Gasteiger partial charge in [-0.15, -0.1) is 0 Å². The Bertz CT molecular complexity index is 530. The minimum Gasteiger partial charge on any atom is -0.462 e. The SMILES string of the molecule is CCC(C)c1ccc(C(=O)OC2C(=O)OCC2(C)C)cc1. The highest BCUT2D eigenvalue weighted by Gasteiger charge is 2.46. The number of carbonyl (C=O) groups is 2. The molecule has 21 heavy (non-hydrogen) atoms. The molecular formula is C17H22O4. The summed E-state index contributed by atoms with van der Waals surface area (Å²) in [4.78, 5) is 23.8. The Morgan fingerprint density at radius 1 is 1.38 bits per heavy atom. The molecule has 114 valence electrons. The van der Waals surface area contributed by atoms with Crippen LogP contribution in [0.4, 0.5) is 0 Å². The second-order valence-electron chi connectivity index (χ2n) is 6.31. The lowest BCUT2D eigenvalue weighted by Crippen LogP contribution is -2.34. The number of hydrogen-bond acceptors (Lipinski definition) is 4. The molecule has 4 nitrogen and oxygen atoms in total. The molecule has 0 aromatic heterocycles. The van der Waals surface area contributed by atoms with E-state index < -0.39 is 23.5 Å². The molecule has 0 amide bonds. The first-order valence-electron chi connectivity index (χ1n) is 7.32. The highest BCUT2D eigenvalue weighted by atomic mass is 16.6. The van der Waals surface area contributed by atoms with Gasteiger partial charge in [-0.05, 0) is 30.0 Å². The largest absolute Gasteiger partial charge is 0.462 e. The van der Waals surface area contributed by atoms with Crippen LogP contribution in [0, 0.1) is 5.41 Å². The van der Waals surface area contributed by atoms with Crippen LogP contribution in [0.25, 0.3) is 0 Å². The lowest BCUT2D eigenvalue weighted by atomic mass is 9.90. The van der Waals surface area contributed by atoms with E-state index in [1.165, 1.54) is 5.56 Å². The summed E-state index contributed by atoms with van der Waals surface area (Å²) in [5.74, 6) is -0.494. The predicted octanol–water partition coefficient (Wildman–Crippen LogP) is 3.31. The first-order chi connectivity index (χ1) is 9.85. The minimum atomic E-state index is -0.834. The van der Waals surface area contributed by atoms with Crippen LogP contribution in [0.1, 0.15) is 56.0 Å². The van der Waals surface area contributed by atoms with E-state index >= 15 is 0 Å². The first kappa shape index (κ1) is 15.5. The normalized spacial score (nSPS) is 21.7. The number of rotatable bonds is 4. The van der Waals surface area contributed by atoms with Gasteiger partial charge in [0.25, 0.3) is 0 Å². The van der Waals surface area contributed by atoms with Crippen LogP contribution in [0.3, 0.4) is 0 Å². The van der Waals surface area contributed by atoms with Crippen molar-refractivity contribution in [1.29, 1.82) is 0 Å². The lowest BCUT2D eigenvalue weighted by Gasteiger charge is -2.21. The summed E-state index contributed by atoms with van der Waals surface area (Å²) in [6.45, 7) is 8.24. The average Bonchev–Trinajstić information content (AvgIpc) is 2.73. The van der Waals surface area contributed by atoms with E-state index in [1.54, 1.807) is 12.1 Å². The van der Waals surface area contributed by atoms with Gasteiger partial charge in [-0.3, -0.25) is 0 Å². The Balaban J connectivity index is 2.08. The van der Waals surface area contributed by atoms with Crippen molar-refractivity contribution < 1.29 is 19.1 Å². The van der Waals surface area contributed by atoms with Crippen molar-refractivity contribution in [3.63, 3.8) is 0 Å². The zero-order valence-electron chi connectivity index (χ0n) is 13.0. The maximum Gasteiger partial charge on any atom is 0.348 e. The van der Waals surface area contributed by atoms with Crippen molar-refractivity contribution in [1.82, 2.24) is 0 Å². The van der Waals surface area contributed by atoms with Crippen molar-refractivity contribution in [3.8, 4) is 0 Å². The van der Waals surface area contributed by atoms with Gasteiger partial charge in [0.1, 0.15) is 6.61 Å². The number of ether oxygens (including phenoxy) is 2. The zero-order chi connectivity index (χ0) is 15.6. The van der Waals surface area contributed by atoms with Crippen LogP contribution in [-0.4, -0.2) is 24.6 Å². The van der Waals surface area contributed by atoms with Gasteiger partial charge in [0.2, 0.25) is 6.10 Å². The molecule has 0 saturated carbocycles. The van der Waals surface area contributed by atoms with Crippen molar-refractivity contribution in [2.24, 2.45) is 5.41 Å². The molecule has 1 aromatic rings. The van der Waals surface area contributed by atoms with E-state index in [0.29, 0.717) is 11.5 Å². The predicted molar refractivity (Wildman–Crippen MR) is 79.1 cm³/mol. The van der Waals surface area contributed by atoms with Gasteiger partial charge in [-0.2, -0.15) is 0 Å². The third kappa shape index (κ3) is 3.26. The monoisotopic (exact) mass is 290 g/mol.